The Bertz CT molecular complexity index is 2820. The molecule has 0 amide bonds. The van der Waals surface area contributed by atoms with E-state index in [-0.39, 0.29) is 39.8 Å². The molecule has 6 aliphatic rings. The number of hydrogen-bond acceptors (Lipinski definition) is 3. The lowest BCUT2D eigenvalue weighted by Gasteiger charge is -2.58. The van der Waals surface area contributed by atoms with Crippen molar-refractivity contribution in [1.29, 1.82) is 0 Å². The third kappa shape index (κ3) is 5.87. The molecule has 334 valence electrons. The quantitative estimate of drug-likeness (QED) is 0.126. The molecule has 11 rings (SSSR count). The summed E-state index contributed by atoms with van der Waals surface area (Å²) in [7, 11) is 0. The standard InChI is InChI=1S/C60H75BN2S/c1-34-28-47-51-48(29-34)63(52-35(2)18-17-19-36(52)3)53-38-30-40-43(59(13,14)25-22-56(40,7)8)33-49(38)64-54(53)61(51)44-31-41-42(58(11,12)24-23-57(41,9)10)32-46(44)62(47)45-21-20-39-50(37(45)4)60(15,16)27-26-55(39,5)6/h17-21,28-33,37,39,45,50H,22-27H2,1-16H3. The Morgan fingerprint density at radius 2 is 1.12 bits per heavy atom. The highest BCUT2D eigenvalue weighted by molar-refractivity contribution is 7.33. The lowest BCUT2D eigenvalue weighted by atomic mass is 9.35. The first kappa shape index (κ1) is 42.9. The van der Waals surface area contributed by atoms with Crippen molar-refractivity contribution < 1.29 is 0 Å². The molecule has 4 aliphatic carbocycles. The highest BCUT2D eigenvalue weighted by atomic mass is 32.1. The van der Waals surface area contributed by atoms with Crippen molar-refractivity contribution in [3.63, 3.8) is 0 Å². The van der Waals surface area contributed by atoms with E-state index in [1.54, 1.807) is 22.3 Å². The number of benzene rings is 4. The van der Waals surface area contributed by atoms with E-state index in [9.17, 15) is 0 Å². The molecule has 1 aromatic heterocycles. The second-order valence-corrected chi connectivity index (χ2v) is 27.1. The molecular weight excluding hydrogens is 792 g/mol. The van der Waals surface area contributed by atoms with Crippen LogP contribution in [0.5, 0.6) is 0 Å². The normalized spacial score (nSPS) is 27.0. The number of fused-ring (bicyclic) bond motifs is 9. The summed E-state index contributed by atoms with van der Waals surface area (Å²) < 4.78 is 2.96. The Morgan fingerprint density at radius 1 is 0.578 bits per heavy atom. The second-order valence-electron chi connectivity index (χ2n) is 26.1. The number of thiophene rings is 1. The average Bonchev–Trinajstić information content (AvgIpc) is 3.58. The van der Waals surface area contributed by atoms with Gasteiger partial charge in [-0.2, -0.15) is 0 Å². The summed E-state index contributed by atoms with van der Waals surface area (Å²) >= 11 is 2.10. The molecule has 0 bridgehead atoms. The molecule has 4 unspecified atom stereocenters. The first-order valence-electron chi connectivity index (χ1n) is 25.1. The van der Waals surface area contributed by atoms with Crippen molar-refractivity contribution in [1.82, 2.24) is 0 Å². The van der Waals surface area contributed by atoms with Crippen LogP contribution in [0.2, 0.25) is 0 Å². The number of hydrogen-bond donors (Lipinski definition) is 0. The first-order valence-corrected chi connectivity index (χ1v) is 26.0. The third-order valence-electron chi connectivity index (χ3n) is 19.0. The van der Waals surface area contributed by atoms with Gasteiger partial charge in [0.1, 0.15) is 0 Å². The predicted molar refractivity (Wildman–Crippen MR) is 280 cm³/mol. The number of para-hydroxylation sites is 1. The van der Waals surface area contributed by atoms with Gasteiger partial charge in [-0.25, -0.2) is 0 Å². The van der Waals surface area contributed by atoms with Crippen LogP contribution in [0, 0.1) is 49.4 Å². The molecule has 4 atom stereocenters. The number of nitrogens with zero attached hydrogens (tertiary/aromatic N) is 2. The van der Waals surface area contributed by atoms with Gasteiger partial charge in [0, 0.05) is 31.9 Å². The van der Waals surface area contributed by atoms with Gasteiger partial charge in [-0.3, -0.25) is 0 Å². The van der Waals surface area contributed by atoms with Crippen LogP contribution in [0.1, 0.15) is 167 Å². The molecule has 2 nitrogen and oxygen atoms in total. The van der Waals surface area contributed by atoms with Crippen molar-refractivity contribution in [3.05, 3.63) is 106 Å². The van der Waals surface area contributed by atoms with Crippen molar-refractivity contribution >= 4 is 72.3 Å². The smallest absolute Gasteiger partial charge is 0.264 e. The Labute approximate surface area is 391 Å². The van der Waals surface area contributed by atoms with Crippen molar-refractivity contribution in [3.8, 4) is 0 Å². The van der Waals surface area contributed by atoms with Gasteiger partial charge < -0.3 is 9.80 Å². The monoisotopic (exact) mass is 867 g/mol. The zero-order valence-corrected chi connectivity index (χ0v) is 43.1. The largest absolute Gasteiger partial charge is 0.335 e. The lowest BCUT2D eigenvalue weighted by Crippen LogP contribution is -2.63. The van der Waals surface area contributed by atoms with Crippen LogP contribution in [0.25, 0.3) is 10.1 Å². The van der Waals surface area contributed by atoms with Gasteiger partial charge in [0.05, 0.1) is 17.4 Å². The van der Waals surface area contributed by atoms with Gasteiger partial charge >= 0.3 is 0 Å². The van der Waals surface area contributed by atoms with E-state index in [0.29, 0.717) is 23.2 Å². The maximum Gasteiger partial charge on any atom is 0.264 e. The Balaban J connectivity index is 1.26. The van der Waals surface area contributed by atoms with Gasteiger partial charge in [-0.1, -0.05) is 126 Å². The average molecular weight is 867 g/mol. The summed E-state index contributed by atoms with van der Waals surface area (Å²) in [6.07, 6.45) is 12.8. The summed E-state index contributed by atoms with van der Waals surface area (Å²) in [5.41, 5.74) is 21.3. The molecule has 0 spiro atoms. The van der Waals surface area contributed by atoms with Crippen LogP contribution in [0.3, 0.4) is 0 Å². The molecule has 4 heteroatoms. The van der Waals surface area contributed by atoms with Crippen LogP contribution in [-0.4, -0.2) is 12.8 Å². The van der Waals surface area contributed by atoms with Gasteiger partial charge in [0.25, 0.3) is 6.71 Å². The summed E-state index contributed by atoms with van der Waals surface area (Å²) in [6, 6.07) is 23.2. The molecule has 4 aromatic carbocycles. The van der Waals surface area contributed by atoms with Crippen LogP contribution in [0.4, 0.5) is 28.4 Å². The molecule has 0 radical (unpaired) electrons. The van der Waals surface area contributed by atoms with Crippen molar-refractivity contribution in [2.75, 3.05) is 9.80 Å². The molecule has 64 heavy (non-hydrogen) atoms. The molecule has 1 fully saturated rings. The van der Waals surface area contributed by atoms with Crippen LogP contribution >= 0.6 is 11.3 Å². The van der Waals surface area contributed by atoms with E-state index >= 15 is 0 Å². The number of allylic oxidation sites excluding steroid dienone is 1. The molecule has 5 aromatic rings. The van der Waals surface area contributed by atoms with Crippen molar-refractivity contribution in [2.24, 2.45) is 28.6 Å². The van der Waals surface area contributed by atoms with E-state index in [0.717, 1.165) is 0 Å². The number of anilines is 5. The molecule has 0 saturated heterocycles. The van der Waals surface area contributed by atoms with Crippen LogP contribution < -0.4 is 25.5 Å². The highest BCUT2D eigenvalue weighted by Gasteiger charge is 2.55. The summed E-state index contributed by atoms with van der Waals surface area (Å²) in [6.45, 7) is 40.2. The minimum Gasteiger partial charge on any atom is -0.335 e. The van der Waals surface area contributed by atoms with Crippen molar-refractivity contribution in [2.45, 2.75) is 177 Å². The predicted octanol–water partition coefficient (Wildman–Crippen LogP) is 14.9. The fraction of sp³-hybridized carbons (Fsp3) is 0.533. The molecule has 1 saturated carbocycles. The third-order valence-corrected chi connectivity index (χ3v) is 20.2. The summed E-state index contributed by atoms with van der Waals surface area (Å²) in [4.78, 5) is 5.68. The zero-order valence-electron chi connectivity index (χ0n) is 42.3. The van der Waals surface area contributed by atoms with Crippen LogP contribution in [-0.2, 0) is 21.7 Å². The van der Waals surface area contributed by atoms with E-state index in [1.165, 1.54) is 109 Å². The van der Waals surface area contributed by atoms with Gasteiger partial charge in [-0.15, -0.1) is 11.3 Å². The fourth-order valence-corrected chi connectivity index (χ4v) is 16.1. The first-order chi connectivity index (χ1) is 29.8. The van der Waals surface area contributed by atoms with Gasteiger partial charge in [-0.05, 0) is 190 Å². The minimum atomic E-state index is 0.0994. The molecule has 0 N–H and O–H groups in total. The van der Waals surface area contributed by atoms with E-state index in [4.69, 9.17) is 0 Å². The zero-order chi connectivity index (χ0) is 45.6. The maximum atomic E-state index is 2.91. The van der Waals surface area contributed by atoms with E-state index in [1.807, 2.05) is 0 Å². The van der Waals surface area contributed by atoms with E-state index < -0.39 is 0 Å². The Hall–Kier alpha value is -3.76. The van der Waals surface area contributed by atoms with Gasteiger partial charge in [0.15, 0.2) is 0 Å². The summed E-state index contributed by atoms with van der Waals surface area (Å²) in [5, 5.41) is 1.43. The van der Waals surface area contributed by atoms with E-state index in [2.05, 4.69) is 199 Å². The SMILES string of the molecule is Cc1cc2c3c(c1)N(C1C=CC4C(C1C)C(C)(C)CCC4(C)C)c1cc4c(cc1B3c1sc3cc5c(cc3c1N2c1c(C)cccc1C)C(C)(C)CCC5(C)C)C(C)(C)CCC4(C)C. The molecule has 2 aliphatic heterocycles. The highest BCUT2D eigenvalue weighted by Crippen LogP contribution is 2.60. The molecular formula is C60H75BN2S. The van der Waals surface area contributed by atoms with Crippen LogP contribution in [0.15, 0.2) is 66.7 Å². The Kier molecular flexibility index (Phi) is 9.01. The minimum absolute atomic E-state index is 0.0994. The number of rotatable bonds is 2. The topological polar surface area (TPSA) is 6.48 Å². The lowest BCUT2D eigenvalue weighted by molar-refractivity contribution is -0.0325. The maximum absolute atomic E-state index is 2.91. The summed E-state index contributed by atoms with van der Waals surface area (Å²) in [5.74, 6) is 1.65. The second kappa shape index (κ2) is 13.4. The number of aryl methyl sites for hydroxylation is 3. The molecule has 3 heterocycles. The van der Waals surface area contributed by atoms with Gasteiger partial charge in [0.2, 0.25) is 0 Å². The Morgan fingerprint density at radius 3 is 1.75 bits per heavy atom. The fourth-order valence-electron chi connectivity index (χ4n) is 14.8.